The maximum Gasteiger partial charge on any atom is 0.247 e. The Kier molecular flexibility index (Phi) is 3.27. The maximum absolute atomic E-state index is 9.47. The fourth-order valence-corrected chi connectivity index (χ4v) is 2.93. The van der Waals surface area contributed by atoms with Gasteiger partial charge in [0.2, 0.25) is 11.7 Å². The number of nitriles is 1. The first kappa shape index (κ1) is 12.9. The van der Waals surface area contributed by atoms with Crippen LogP contribution in [0.3, 0.4) is 0 Å². The summed E-state index contributed by atoms with van der Waals surface area (Å²) in [6.45, 7) is 2.10. The molecule has 20 heavy (non-hydrogen) atoms. The molecule has 0 unspecified atom stereocenters. The standard InChI is InChI=1S/C16H17N3O/c1-2-12-7-3-4-8-13(12)14-18-15(20-19-14)16(11-17)9-5-6-10-16/h3-4,7-8H,2,5-6,9-10H2,1H3. The smallest absolute Gasteiger partial charge is 0.247 e. The number of aromatic nitrogens is 2. The Labute approximate surface area is 118 Å². The highest BCUT2D eigenvalue weighted by Gasteiger charge is 2.41. The van der Waals surface area contributed by atoms with Gasteiger partial charge in [0.15, 0.2) is 0 Å². The second-order valence-corrected chi connectivity index (χ2v) is 5.33. The van der Waals surface area contributed by atoms with Gasteiger partial charge < -0.3 is 4.52 Å². The molecule has 4 nitrogen and oxygen atoms in total. The van der Waals surface area contributed by atoms with Crippen molar-refractivity contribution in [3.8, 4) is 17.5 Å². The fourth-order valence-electron chi connectivity index (χ4n) is 2.93. The van der Waals surface area contributed by atoms with Crippen molar-refractivity contribution in [2.45, 2.75) is 44.4 Å². The van der Waals surface area contributed by atoms with Crippen LogP contribution in [-0.4, -0.2) is 10.1 Å². The van der Waals surface area contributed by atoms with Crippen LogP contribution in [-0.2, 0) is 11.8 Å². The summed E-state index contributed by atoms with van der Waals surface area (Å²) in [5, 5.41) is 13.6. The number of aryl methyl sites for hydroxylation is 1. The minimum atomic E-state index is -0.563. The molecule has 1 aliphatic rings. The summed E-state index contributed by atoms with van der Waals surface area (Å²) >= 11 is 0. The second-order valence-electron chi connectivity index (χ2n) is 5.33. The van der Waals surface area contributed by atoms with Crippen molar-refractivity contribution in [3.05, 3.63) is 35.7 Å². The predicted molar refractivity (Wildman–Crippen MR) is 74.9 cm³/mol. The molecule has 3 rings (SSSR count). The van der Waals surface area contributed by atoms with Crippen molar-refractivity contribution in [3.63, 3.8) is 0 Å². The van der Waals surface area contributed by atoms with Gasteiger partial charge in [-0.2, -0.15) is 10.2 Å². The molecule has 0 amide bonds. The van der Waals surface area contributed by atoms with E-state index in [1.54, 1.807) is 0 Å². The Hall–Kier alpha value is -2.15. The van der Waals surface area contributed by atoms with Crippen molar-refractivity contribution in [2.75, 3.05) is 0 Å². The summed E-state index contributed by atoms with van der Waals surface area (Å²) in [5.41, 5.74) is 1.63. The number of hydrogen-bond acceptors (Lipinski definition) is 4. The summed E-state index contributed by atoms with van der Waals surface area (Å²) in [6.07, 6.45) is 4.66. The molecule has 4 heteroatoms. The lowest BCUT2D eigenvalue weighted by atomic mass is 9.88. The molecule has 0 bridgehead atoms. The third-order valence-corrected chi connectivity index (χ3v) is 4.15. The highest BCUT2D eigenvalue weighted by Crippen LogP contribution is 2.40. The molecule has 0 N–H and O–H groups in total. The molecule has 2 aromatic rings. The molecule has 1 aromatic heterocycles. The molecule has 1 aromatic carbocycles. The normalized spacial score (nSPS) is 17.0. The average Bonchev–Trinajstić information content (AvgIpc) is 3.16. The van der Waals surface area contributed by atoms with Crippen molar-refractivity contribution >= 4 is 0 Å². The first-order valence-corrected chi connectivity index (χ1v) is 7.13. The lowest BCUT2D eigenvalue weighted by molar-refractivity contribution is 0.321. The Morgan fingerprint density at radius 1 is 1.30 bits per heavy atom. The highest BCUT2D eigenvalue weighted by atomic mass is 16.5. The second kappa shape index (κ2) is 5.09. The minimum Gasteiger partial charge on any atom is -0.337 e. The predicted octanol–water partition coefficient (Wildman–Crippen LogP) is 3.63. The van der Waals surface area contributed by atoms with Gasteiger partial charge in [-0.15, -0.1) is 0 Å². The van der Waals surface area contributed by atoms with Crippen LogP contribution < -0.4 is 0 Å². The Balaban J connectivity index is 2.00. The number of rotatable bonds is 3. The van der Waals surface area contributed by atoms with Crippen LogP contribution in [0.25, 0.3) is 11.4 Å². The van der Waals surface area contributed by atoms with E-state index in [4.69, 9.17) is 4.52 Å². The monoisotopic (exact) mass is 267 g/mol. The number of hydrogen-bond donors (Lipinski definition) is 0. The van der Waals surface area contributed by atoms with Gasteiger partial charge in [0.1, 0.15) is 5.41 Å². The molecular weight excluding hydrogens is 250 g/mol. The SMILES string of the molecule is CCc1ccccc1-c1noc(C2(C#N)CCCC2)n1. The summed E-state index contributed by atoms with van der Waals surface area (Å²) in [6, 6.07) is 10.4. The zero-order valence-electron chi connectivity index (χ0n) is 11.6. The van der Waals surface area contributed by atoms with E-state index in [0.717, 1.165) is 37.7 Å². The van der Waals surface area contributed by atoms with E-state index in [-0.39, 0.29) is 0 Å². The topological polar surface area (TPSA) is 62.7 Å². The molecule has 0 spiro atoms. The average molecular weight is 267 g/mol. The van der Waals surface area contributed by atoms with Crippen LogP contribution in [0.5, 0.6) is 0 Å². The van der Waals surface area contributed by atoms with Crippen molar-refractivity contribution in [1.29, 1.82) is 5.26 Å². The Morgan fingerprint density at radius 3 is 2.75 bits per heavy atom. The third kappa shape index (κ3) is 2.00. The molecule has 0 atom stereocenters. The van der Waals surface area contributed by atoms with Gasteiger partial charge in [-0.25, -0.2) is 0 Å². The molecule has 1 aliphatic carbocycles. The lowest BCUT2D eigenvalue weighted by Gasteiger charge is -2.13. The molecule has 1 heterocycles. The van der Waals surface area contributed by atoms with E-state index in [0.29, 0.717) is 11.7 Å². The molecule has 0 radical (unpaired) electrons. The highest BCUT2D eigenvalue weighted by molar-refractivity contribution is 5.59. The Bertz CT molecular complexity index is 648. The van der Waals surface area contributed by atoms with Gasteiger partial charge in [0.05, 0.1) is 6.07 Å². The molecular formula is C16H17N3O. The first-order valence-electron chi connectivity index (χ1n) is 7.13. The van der Waals surface area contributed by atoms with E-state index in [1.165, 1.54) is 5.56 Å². The minimum absolute atomic E-state index is 0.485. The number of nitrogens with zero attached hydrogens (tertiary/aromatic N) is 3. The fraction of sp³-hybridized carbons (Fsp3) is 0.438. The van der Waals surface area contributed by atoms with Crippen LogP contribution in [0.2, 0.25) is 0 Å². The van der Waals surface area contributed by atoms with Crippen LogP contribution in [0.1, 0.15) is 44.1 Å². The van der Waals surface area contributed by atoms with E-state index in [9.17, 15) is 5.26 Å². The van der Waals surface area contributed by atoms with Crippen LogP contribution >= 0.6 is 0 Å². The first-order chi connectivity index (χ1) is 9.79. The molecule has 102 valence electrons. The largest absolute Gasteiger partial charge is 0.337 e. The van der Waals surface area contributed by atoms with Crippen molar-refractivity contribution < 1.29 is 4.52 Å². The quantitative estimate of drug-likeness (QED) is 0.851. The van der Waals surface area contributed by atoms with E-state index in [1.807, 2.05) is 18.2 Å². The van der Waals surface area contributed by atoms with Gasteiger partial charge >= 0.3 is 0 Å². The summed E-state index contributed by atoms with van der Waals surface area (Å²) in [5.74, 6) is 1.08. The molecule has 0 aliphatic heterocycles. The van der Waals surface area contributed by atoms with E-state index >= 15 is 0 Å². The van der Waals surface area contributed by atoms with Gasteiger partial charge in [-0.1, -0.05) is 49.2 Å². The zero-order chi connectivity index (χ0) is 14.0. The van der Waals surface area contributed by atoms with Gasteiger partial charge in [-0.05, 0) is 24.8 Å². The van der Waals surface area contributed by atoms with Crippen molar-refractivity contribution in [1.82, 2.24) is 10.1 Å². The number of benzene rings is 1. The summed E-state index contributed by atoms with van der Waals surface area (Å²) < 4.78 is 5.41. The molecule has 0 saturated heterocycles. The van der Waals surface area contributed by atoms with Gasteiger partial charge in [-0.3, -0.25) is 0 Å². The molecule has 1 saturated carbocycles. The summed E-state index contributed by atoms with van der Waals surface area (Å²) in [7, 11) is 0. The zero-order valence-corrected chi connectivity index (χ0v) is 11.6. The summed E-state index contributed by atoms with van der Waals surface area (Å²) in [4.78, 5) is 4.51. The van der Waals surface area contributed by atoms with Crippen LogP contribution in [0.15, 0.2) is 28.8 Å². The molecule has 1 fully saturated rings. The van der Waals surface area contributed by atoms with Crippen LogP contribution in [0, 0.1) is 11.3 Å². The Morgan fingerprint density at radius 2 is 2.05 bits per heavy atom. The maximum atomic E-state index is 9.47. The van der Waals surface area contributed by atoms with Crippen molar-refractivity contribution in [2.24, 2.45) is 0 Å². The van der Waals surface area contributed by atoms with E-state index < -0.39 is 5.41 Å². The van der Waals surface area contributed by atoms with Gasteiger partial charge in [0, 0.05) is 5.56 Å². The van der Waals surface area contributed by atoms with Crippen LogP contribution in [0.4, 0.5) is 0 Å². The lowest BCUT2D eigenvalue weighted by Crippen LogP contribution is -2.19. The van der Waals surface area contributed by atoms with Gasteiger partial charge in [0.25, 0.3) is 0 Å². The van der Waals surface area contributed by atoms with E-state index in [2.05, 4.69) is 29.2 Å². The third-order valence-electron chi connectivity index (χ3n) is 4.15.